The number of rotatable bonds is 5. The second-order valence-electron chi connectivity index (χ2n) is 11.2. The van der Waals surface area contributed by atoms with Crippen molar-refractivity contribution in [2.45, 2.75) is 0 Å². The molecule has 4 aromatic heterocycles. The summed E-state index contributed by atoms with van der Waals surface area (Å²) >= 11 is 1.70. The minimum atomic E-state index is 0.603. The van der Waals surface area contributed by atoms with Gasteiger partial charge in [0.2, 0.25) is 0 Å². The summed E-state index contributed by atoms with van der Waals surface area (Å²) in [5.41, 5.74) is 7.64. The molecule has 9 rings (SSSR count). The molecule has 47 heavy (non-hydrogen) atoms. The van der Waals surface area contributed by atoms with E-state index in [9.17, 15) is 0 Å². The van der Waals surface area contributed by atoms with Crippen LogP contribution < -0.4 is 0 Å². The first-order chi connectivity index (χ1) is 23.3. The quantitative estimate of drug-likeness (QED) is 0.191. The Balaban J connectivity index is 1.17. The molecule has 7 heteroatoms. The Hall–Kier alpha value is -6.18. The van der Waals surface area contributed by atoms with E-state index < -0.39 is 0 Å². The summed E-state index contributed by atoms with van der Waals surface area (Å²) in [5, 5.41) is 2.37. The summed E-state index contributed by atoms with van der Waals surface area (Å²) in [4.78, 5) is 30.9. The van der Waals surface area contributed by atoms with Crippen molar-refractivity contribution in [3.63, 3.8) is 0 Å². The summed E-state index contributed by atoms with van der Waals surface area (Å²) in [6, 6.07) is 48.8. The van der Waals surface area contributed by atoms with E-state index in [1.807, 2.05) is 97.1 Å². The summed E-state index contributed by atoms with van der Waals surface area (Å²) in [6.45, 7) is 0. The molecule has 6 nitrogen and oxygen atoms in total. The fourth-order valence-corrected chi connectivity index (χ4v) is 6.91. The van der Waals surface area contributed by atoms with Crippen molar-refractivity contribution < 1.29 is 0 Å². The zero-order chi connectivity index (χ0) is 31.2. The van der Waals surface area contributed by atoms with Gasteiger partial charge in [0.05, 0.1) is 22.4 Å². The summed E-state index contributed by atoms with van der Waals surface area (Å²) in [6.07, 6.45) is 0. The van der Waals surface area contributed by atoms with Crippen LogP contribution in [-0.2, 0) is 0 Å². The van der Waals surface area contributed by atoms with Crippen LogP contribution >= 0.6 is 11.3 Å². The Bertz CT molecular complexity index is 2510. The van der Waals surface area contributed by atoms with Crippen LogP contribution in [0.15, 0.2) is 146 Å². The maximum Gasteiger partial charge on any atom is 0.164 e. The molecule has 0 radical (unpaired) electrons. The molecule has 0 aliphatic heterocycles. The average molecular weight is 621 g/mol. The first-order valence-electron chi connectivity index (χ1n) is 15.3. The molecular weight excluding hydrogens is 597 g/mol. The van der Waals surface area contributed by atoms with E-state index in [4.69, 9.17) is 29.9 Å². The molecule has 0 saturated heterocycles. The first kappa shape index (κ1) is 27.2. The topological polar surface area (TPSA) is 77.3 Å². The van der Waals surface area contributed by atoms with Crippen molar-refractivity contribution >= 4 is 42.7 Å². The monoisotopic (exact) mass is 620 g/mol. The molecule has 0 unspecified atom stereocenters. The number of para-hydroxylation sites is 2. The van der Waals surface area contributed by atoms with Crippen LogP contribution in [0.3, 0.4) is 0 Å². The van der Waals surface area contributed by atoms with Crippen LogP contribution in [0.5, 0.6) is 0 Å². The predicted octanol–water partition coefficient (Wildman–Crippen LogP) is 9.91. The van der Waals surface area contributed by atoms with Gasteiger partial charge in [-0.1, -0.05) is 115 Å². The van der Waals surface area contributed by atoms with Gasteiger partial charge in [-0.2, -0.15) is 0 Å². The van der Waals surface area contributed by atoms with E-state index in [0.29, 0.717) is 17.5 Å². The molecule has 5 aromatic carbocycles. The predicted molar refractivity (Wildman–Crippen MR) is 191 cm³/mol. The zero-order valence-electron chi connectivity index (χ0n) is 24.9. The number of thiophene rings is 1. The molecule has 0 aliphatic rings. The SMILES string of the molecule is c1ccc(-c2nc(-c3ccccc3)nc(-c3ccc(-c4nc5ccccc5nc4-c4ccc5c(n4)sc4ccccc45)cc3)n2)cc1. The Labute approximate surface area is 274 Å². The minimum absolute atomic E-state index is 0.603. The highest BCUT2D eigenvalue weighted by Crippen LogP contribution is 2.36. The highest BCUT2D eigenvalue weighted by atomic mass is 32.1. The van der Waals surface area contributed by atoms with Gasteiger partial charge in [-0.15, -0.1) is 11.3 Å². The van der Waals surface area contributed by atoms with Gasteiger partial charge in [0.25, 0.3) is 0 Å². The summed E-state index contributed by atoms with van der Waals surface area (Å²) in [5.74, 6) is 1.86. The normalized spacial score (nSPS) is 11.4. The Morgan fingerprint density at radius 2 is 0.851 bits per heavy atom. The lowest BCUT2D eigenvalue weighted by atomic mass is 10.0. The molecule has 0 aliphatic carbocycles. The van der Waals surface area contributed by atoms with Crippen molar-refractivity contribution in [1.29, 1.82) is 0 Å². The maximum absolute atomic E-state index is 5.11. The number of nitrogens with zero attached hydrogens (tertiary/aromatic N) is 6. The van der Waals surface area contributed by atoms with Crippen LogP contribution in [0, 0.1) is 0 Å². The largest absolute Gasteiger partial charge is 0.244 e. The molecule has 0 fully saturated rings. The molecule has 0 N–H and O–H groups in total. The van der Waals surface area contributed by atoms with Crippen LogP contribution in [0.25, 0.3) is 88.1 Å². The third-order valence-electron chi connectivity index (χ3n) is 8.17. The van der Waals surface area contributed by atoms with Crippen molar-refractivity contribution in [1.82, 2.24) is 29.9 Å². The maximum atomic E-state index is 5.11. The van der Waals surface area contributed by atoms with Gasteiger partial charge >= 0.3 is 0 Å². The van der Waals surface area contributed by atoms with Crippen molar-refractivity contribution in [3.8, 4) is 56.8 Å². The van der Waals surface area contributed by atoms with E-state index in [1.54, 1.807) is 11.3 Å². The number of aromatic nitrogens is 6. The van der Waals surface area contributed by atoms with Crippen molar-refractivity contribution in [3.05, 3.63) is 146 Å². The van der Waals surface area contributed by atoms with Gasteiger partial charge < -0.3 is 0 Å². The molecular formula is C40H24N6S. The molecule has 0 saturated carbocycles. The molecule has 9 aromatic rings. The lowest BCUT2D eigenvalue weighted by Gasteiger charge is -2.11. The Morgan fingerprint density at radius 1 is 0.340 bits per heavy atom. The number of benzene rings is 5. The fourth-order valence-electron chi connectivity index (χ4n) is 5.83. The number of fused-ring (bicyclic) bond motifs is 4. The van der Waals surface area contributed by atoms with Gasteiger partial charge in [0, 0.05) is 37.7 Å². The van der Waals surface area contributed by atoms with E-state index in [1.165, 1.54) is 10.1 Å². The highest BCUT2D eigenvalue weighted by molar-refractivity contribution is 7.25. The summed E-state index contributed by atoms with van der Waals surface area (Å²) in [7, 11) is 0. The zero-order valence-corrected chi connectivity index (χ0v) is 25.8. The molecule has 0 bridgehead atoms. The molecule has 0 amide bonds. The van der Waals surface area contributed by atoms with Gasteiger partial charge in [0.15, 0.2) is 17.5 Å². The number of hydrogen-bond donors (Lipinski definition) is 0. The van der Waals surface area contributed by atoms with Gasteiger partial charge in [0.1, 0.15) is 10.5 Å². The third-order valence-corrected chi connectivity index (χ3v) is 9.25. The van der Waals surface area contributed by atoms with E-state index in [2.05, 4.69) is 48.5 Å². The molecule has 0 atom stereocenters. The van der Waals surface area contributed by atoms with E-state index in [0.717, 1.165) is 60.6 Å². The fraction of sp³-hybridized carbons (Fsp3) is 0. The number of pyridine rings is 1. The van der Waals surface area contributed by atoms with Gasteiger partial charge in [-0.05, 0) is 30.3 Å². The van der Waals surface area contributed by atoms with Crippen LogP contribution in [0.2, 0.25) is 0 Å². The average Bonchev–Trinajstić information content (AvgIpc) is 3.53. The van der Waals surface area contributed by atoms with E-state index >= 15 is 0 Å². The first-order valence-corrected chi connectivity index (χ1v) is 16.1. The van der Waals surface area contributed by atoms with Crippen molar-refractivity contribution in [2.75, 3.05) is 0 Å². The smallest absolute Gasteiger partial charge is 0.164 e. The minimum Gasteiger partial charge on any atom is -0.244 e. The third kappa shape index (κ3) is 4.99. The highest BCUT2D eigenvalue weighted by Gasteiger charge is 2.18. The van der Waals surface area contributed by atoms with E-state index in [-0.39, 0.29) is 0 Å². The Morgan fingerprint density at radius 3 is 1.49 bits per heavy atom. The van der Waals surface area contributed by atoms with Crippen LogP contribution in [0.4, 0.5) is 0 Å². The molecule has 220 valence electrons. The second-order valence-corrected chi connectivity index (χ2v) is 12.2. The van der Waals surface area contributed by atoms with Crippen LogP contribution in [0.1, 0.15) is 0 Å². The standard InChI is InChI=1S/C40H24N6S/c1-3-11-26(12-4-1)37-44-38(27-13-5-2-6-14-27)46-39(45-37)28-21-19-25(20-22-28)35-36(42-32-17-9-8-16-31(32)41-35)33-24-23-30-29-15-7-10-18-34(29)47-40(30)43-33/h1-24H. The lowest BCUT2D eigenvalue weighted by molar-refractivity contribution is 1.07. The van der Waals surface area contributed by atoms with Gasteiger partial charge in [-0.25, -0.2) is 29.9 Å². The molecule has 0 spiro atoms. The van der Waals surface area contributed by atoms with Crippen LogP contribution in [-0.4, -0.2) is 29.9 Å². The Kier molecular flexibility index (Phi) is 6.54. The molecule has 4 heterocycles. The van der Waals surface area contributed by atoms with Gasteiger partial charge in [-0.3, -0.25) is 0 Å². The second kappa shape index (κ2) is 11.3. The van der Waals surface area contributed by atoms with Crippen molar-refractivity contribution in [2.24, 2.45) is 0 Å². The lowest BCUT2D eigenvalue weighted by Crippen LogP contribution is -2.00. The summed E-state index contributed by atoms with van der Waals surface area (Å²) < 4.78 is 1.22. The number of hydrogen-bond acceptors (Lipinski definition) is 7.